The number of carbonyl (C=O) groups is 1. The van der Waals surface area contributed by atoms with Crippen molar-refractivity contribution in [3.63, 3.8) is 0 Å². The number of rotatable bonds is 3. The highest BCUT2D eigenvalue weighted by atomic mass is 19.1. The van der Waals surface area contributed by atoms with Gasteiger partial charge in [-0.25, -0.2) is 4.39 Å². The molecular formula is C14H16FN3O. The summed E-state index contributed by atoms with van der Waals surface area (Å²) < 4.78 is 13.8. The van der Waals surface area contributed by atoms with Gasteiger partial charge in [0, 0.05) is 12.1 Å². The number of nitriles is 1. The highest BCUT2D eigenvalue weighted by Crippen LogP contribution is 2.21. The number of halogens is 1. The SMILES string of the molecule is N#Cc1ccc(CN2CCCC[C@H]2C(N)=O)c(F)c1. The number of hydrogen-bond donors (Lipinski definition) is 1. The second kappa shape index (κ2) is 5.81. The first-order valence-corrected chi connectivity index (χ1v) is 6.33. The molecule has 19 heavy (non-hydrogen) atoms. The van der Waals surface area contributed by atoms with Crippen LogP contribution in [0.4, 0.5) is 4.39 Å². The maximum absolute atomic E-state index is 13.8. The number of nitrogens with two attached hydrogens (primary N) is 1. The predicted molar refractivity (Wildman–Crippen MR) is 68.4 cm³/mol. The topological polar surface area (TPSA) is 70.1 Å². The number of nitrogens with zero attached hydrogens (tertiary/aromatic N) is 2. The Morgan fingerprint density at radius 3 is 2.95 bits per heavy atom. The average molecular weight is 261 g/mol. The lowest BCUT2D eigenvalue weighted by molar-refractivity contribution is -0.124. The van der Waals surface area contributed by atoms with E-state index in [-0.39, 0.29) is 11.9 Å². The quantitative estimate of drug-likeness (QED) is 0.897. The van der Waals surface area contributed by atoms with Gasteiger partial charge in [0.2, 0.25) is 5.91 Å². The summed E-state index contributed by atoms with van der Waals surface area (Å²) >= 11 is 0. The van der Waals surface area contributed by atoms with Gasteiger partial charge in [-0.2, -0.15) is 5.26 Å². The maximum atomic E-state index is 13.8. The molecule has 1 amide bonds. The molecule has 0 aromatic heterocycles. The van der Waals surface area contributed by atoms with Crippen LogP contribution in [0.3, 0.4) is 0 Å². The molecule has 2 rings (SSSR count). The minimum atomic E-state index is -0.409. The summed E-state index contributed by atoms with van der Waals surface area (Å²) in [7, 11) is 0. The van der Waals surface area contributed by atoms with E-state index < -0.39 is 5.82 Å². The second-order valence-corrected chi connectivity index (χ2v) is 4.80. The number of primary amides is 1. The van der Waals surface area contributed by atoms with Gasteiger partial charge in [-0.05, 0) is 31.5 Å². The summed E-state index contributed by atoms with van der Waals surface area (Å²) in [5.74, 6) is -0.762. The zero-order valence-corrected chi connectivity index (χ0v) is 10.6. The van der Waals surface area contributed by atoms with Crippen LogP contribution >= 0.6 is 0 Å². The molecule has 0 spiro atoms. The largest absolute Gasteiger partial charge is 0.368 e. The van der Waals surface area contributed by atoms with Gasteiger partial charge >= 0.3 is 0 Å². The molecule has 1 aliphatic rings. The van der Waals surface area contributed by atoms with Crippen molar-refractivity contribution in [1.29, 1.82) is 5.26 Å². The molecule has 100 valence electrons. The number of carbonyl (C=O) groups excluding carboxylic acids is 1. The fourth-order valence-electron chi connectivity index (χ4n) is 2.47. The molecule has 1 aromatic carbocycles. The van der Waals surface area contributed by atoms with E-state index in [0.717, 1.165) is 25.8 Å². The number of piperidine rings is 1. The smallest absolute Gasteiger partial charge is 0.234 e. The molecule has 0 bridgehead atoms. The van der Waals surface area contributed by atoms with E-state index in [1.165, 1.54) is 6.07 Å². The van der Waals surface area contributed by atoms with E-state index in [9.17, 15) is 9.18 Å². The third-order valence-electron chi connectivity index (χ3n) is 3.50. The van der Waals surface area contributed by atoms with Crippen molar-refractivity contribution in [2.24, 2.45) is 5.73 Å². The third kappa shape index (κ3) is 3.09. The number of likely N-dealkylation sites (tertiary alicyclic amines) is 1. The van der Waals surface area contributed by atoms with Crippen LogP contribution in [-0.4, -0.2) is 23.4 Å². The zero-order valence-electron chi connectivity index (χ0n) is 10.6. The van der Waals surface area contributed by atoms with Crippen molar-refractivity contribution in [2.45, 2.75) is 31.8 Å². The van der Waals surface area contributed by atoms with Crippen LogP contribution in [0, 0.1) is 17.1 Å². The Kier molecular flexibility index (Phi) is 4.13. The van der Waals surface area contributed by atoms with E-state index >= 15 is 0 Å². The molecule has 1 saturated heterocycles. The van der Waals surface area contributed by atoms with E-state index in [2.05, 4.69) is 0 Å². The van der Waals surface area contributed by atoms with E-state index in [1.54, 1.807) is 12.1 Å². The monoisotopic (exact) mass is 261 g/mol. The van der Waals surface area contributed by atoms with Gasteiger partial charge in [-0.1, -0.05) is 12.5 Å². The van der Waals surface area contributed by atoms with Crippen LogP contribution < -0.4 is 5.73 Å². The maximum Gasteiger partial charge on any atom is 0.234 e. The standard InChI is InChI=1S/C14H16FN3O/c15-12-7-10(8-16)4-5-11(12)9-18-6-2-1-3-13(18)14(17)19/h4-5,7,13H,1-3,6,9H2,(H2,17,19)/t13-/m0/s1. The summed E-state index contributed by atoms with van der Waals surface area (Å²) in [4.78, 5) is 13.3. The van der Waals surface area contributed by atoms with Gasteiger partial charge in [0.25, 0.3) is 0 Å². The molecule has 1 heterocycles. The van der Waals surface area contributed by atoms with Crippen molar-refractivity contribution in [2.75, 3.05) is 6.54 Å². The summed E-state index contributed by atoms with van der Waals surface area (Å²) in [6.07, 6.45) is 2.69. The third-order valence-corrected chi connectivity index (χ3v) is 3.50. The molecule has 1 atom stereocenters. The first-order valence-electron chi connectivity index (χ1n) is 6.33. The molecule has 0 saturated carbocycles. The normalized spacial score (nSPS) is 19.9. The van der Waals surface area contributed by atoms with Crippen molar-refractivity contribution in [3.8, 4) is 6.07 Å². The van der Waals surface area contributed by atoms with Gasteiger partial charge in [-0.3, -0.25) is 9.69 Å². The minimum absolute atomic E-state index is 0.298. The Hall–Kier alpha value is -1.93. The van der Waals surface area contributed by atoms with Gasteiger partial charge in [0.1, 0.15) is 5.82 Å². The lowest BCUT2D eigenvalue weighted by Crippen LogP contribution is -2.47. The van der Waals surface area contributed by atoms with E-state index in [4.69, 9.17) is 11.0 Å². The number of amides is 1. The van der Waals surface area contributed by atoms with Gasteiger partial charge in [0.15, 0.2) is 0 Å². The zero-order chi connectivity index (χ0) is 13.8. The Bertz CT molecular complexity index is 524. The Morgan fingerprint density at radius 1 is 1.53 bits per heavy atom. The van der Waals surface area contributed by atoms with Crippen molar-refractivity contribution in [3.05, 3.63) is 35.1 Å². The van der Waals surface area contributed by atoms with Gasteiger partial charge in [0.05, 0.1) is 17.7 Å². The molecule has 0 radical (unpaired) electrons. The molecular weight excluding hydrogens is 245 g/mol. The Morgan fingerprint density at radius 2 is 2.32 bits per heavy atom. The molecule has 1 fully saturated rings. The average Bonchev–Trinajstić information content (AvgIpc) is 2.41. The summed E-state index contributed by atoms with van der Waals surface area (Å²) in [6, 6.07) is 5.99. The van der Waals surface area contributed by atoms with Crippen molar-refractivity contribution >= 4 is 5.91 Å². The first-order chi connectivity index (χ1) is 9.11. The molecule has 5 heteroatoms. The molecule has 0 aliphatic carbocycles. The van der Waals surface area contributed by atoms with Crippen LogP contribution in [0.1, 0.15) is 30.4 Å². The molecule has 1 aliphatic heterocycles. The highest BCUT2D eigenvalue weighted by Gasteiger charge is 2.27. The first kappa shape index (κ1) is 13.5. The molecule has 1 aromatic rings. The van der Waals surface area contributed by atoms with Crippen molar-refractivity contribution in [1.82, 2.24) is 4.90 Å². The predicted octanol–water partition coefficient (Wildman–Crippen LogP) is 1.54. The molecule has 0 unspecified atom stereocenters. The Balaban J connectivity index is 2.15. The lowest BCUT2D eigenvalue weighted by atomic mass is 10.0. The van der Waals surface area contributed by atoms with Crippen LogP contribution in [0.2, 0.25) is 0 Å². The molecule has 4 nitrogen and oxygen atoms in total. The van der Waals surface area contributed by atoms with Crippen molar-refractivity contribution < 1.29 is 9.18 Å². The van der Waals surface area contributed by atoms with E-state index in [0.29, 0.717) is 17.7 Å². The van der Waals surface area contributed by atoms with Crippen LogP contribution in [0.5, 0.6) is 0 Å². The van der Waals surface area contributed by atoms with Crippen LogP contribution in [-0.2, 0) is 11.3 Å². The lowest BCUT2D eigenvalue weighted by Gasteiger charge is -2.33. The minimum Gasteiger partial charge on any atom is -0.368 e. The Labute approximate surface area is 111 Å². The second-order valence-electron chi connectivity index (χ2n) is 4.80. The summed E-state index contributed by atoms with van der Waals surface area (Å²) in [5.41, 5.74) is 6.17. The van der Waals surface area contributed by atoms with Gasteiger partial charge in [-0.15, -0.1) is 0 Å². The van der Waals surface area contributed by atoms with E-state index in [1.807, 2.05) is 11.0 Å². The fraction of sp³-hybridized carbons (Fsp3) is 0.429. The van der Waals surface area contributed by atoms with Crippen LogP contribution in [0.25, 0.3) is 0 Å². The number of benzene rings is 1. The van der Waals surface area contributed by atoms with Crippen LogP contribution in [0.15, 0.2) is 18.2 Å². The fourth-order valence-corrected chi connectivity index (χ4v) is 2.47. The highest BCUT2D eigenvalue weighted by molar-refractivity contribution is 5.79. The number of hydrogen-bond acceptors (Lipinski definition) is 3. The summed E-state index contributed by atoms with van der Waals surface area (Å²) in [6.45, 7) is 1.10. The molecule has 2 N–H and O–H groups in total. The van der Waals surface area contributed by atoms with Gasteiger partial charge < -0.3 is 5.73 Å². The summed E-state index contributed by atoms with van der Waals surface area (Å²) in [5, 5.41) is 8.70.